The zero-order chi connectivity index (χ0) is 30.2. The van der Waals surface area contributed by atoms with E-state index in [-0.39, 0.29) is 12.5 Å². The SMILES string of the molecule is COc1cc(/C=N\NC(=O)c2ccc(-c3csc(Nc4ccc(Cl)cc4)n3)cc2)cc(Br)c1OCc1ccccc1C#N. The molecule has 0 fully saturated rings. The summed E-state index contributed by atoms with van der Waals surface area (Å²) in [4.78, 5) is 17.3. The molecule has 0 unspecified atom stereocenters. The number of anilines is 2. The molecule has 0 radical (unpaired) electrons. The molecule has 1 aromatic heterocycles. The first-order valence-corrected chi connectivity index (χ1v) is 14.9. The van der Waals surface area contributed by atoms with Crippen molar-refractivity contribution < 1.29 is 14.3 Å². The molecule has 0 aliphatic carbocycles. The van der Waals surface area contributed by atoms with Crippen molar-refractivity contribution in [3.63, 3.8) is 0 Å². The standard InChI is InChI=1S/C32H23BrClN5O3S/c1-41-29-15-20(14-27(33)30(29)42-18-24-5-3-2-4-23(24)16-35)17-36-39-31(40)22-8-6-21(7-9-22)28-19-43-32(38-28)37-26-12-10-25(34)11-13-26/h2-15,17,19H,18H2,1H3,(H,37,38)(H,39,40)/b36-17-. The largest absolute Gasteiger partial charge is 0.493 e. The first-order valence-electron chi connectivity index (χ1n) is 12.8. The predicted octanol–water partition coefficient (Wildman–Crippen LogP) is 8.19. The lowest BCUT2D eigenvalue weighted by Gasteiger charge is -2.14. The number of rotatable bonds is 10. The van der Waals surface area contributed by atoms with Gasteiger partial charge in [-0.2, -0.15) is 10.4 Å². The van der Waals surface area contributed by atoms with Gasteiger partial charge in [-0.15, -0.1) is 11.3 Å². The highest BCUT2D eigenvalue weighted by Gasteiger charge is 2.13. The average molecular weight is 673 g/mol. The van der Waals surface area contributed by atoms with E-state index in [1.807, 2.05) is 53.9 Å². The van der Waals surface area contributed by atoms with Gasteiger partial charge in [-0.05, 0) is 76.1 Å². The number of carbonyl (C=O) groups is 1. The first-order chi connectivity index (χ1) is 20.9. The molecule has 1 heterocycles. The number of thiazole rings is 1. The Hall–Kier alpha value is -4.69. The number of hydrogen-bond donors (Lipinski definition) is 2. The monoisotopic (exact) mass is 671 g/mol. The number of hydrogen-bond acceptors (Lipinski definition) is 8. The van der Waals surface area contributed by atoms with E-state index in [2.05, 4.69) is 42.8 Å². The highest BCUT2D eigenvalue weighted by atomic mass is 79.9. The van der Waals surface area contributed by atoms with Crippen LogP contribution in [0.1, 0.15) is 27.0 Å². The van der Waals surface area contributed by atoms with Crippen LogP contribution in [-0.2, 0) is 6.61 Å². The van der Waals surface area contributed by atoms with Crippen LogP contribution in [0.2, 0.25) is 5.02 Å². The highest BCUT2D eigenvalue weighted by Crippen LogP contribution is 2.37. The van der Waals surface area contributed by atoms with Crippen LogP contribution in [0.3, 0.4) is 0 Å². The fourth-order valence-electron chi connectivity index (χ4n) is 4.00. The van der Waals surface area contributed by atoms with Gasteiger partial charge in [0.15, 0.2) is 16.6 Å². The molecule has 0 aliphatic heterocycles. The van der Waals surface area contributed by atoms with Gasteiger partial charge in [0.1, 0.15) is 6.61 Å². The van der Waals surface area contributed by atoms with Gasteiger partial charge < -0.3 is 14.8 Å². The van der Waals surface area contributed by atoms with E-state index in [1.54, 1.807) is 36.4 Å². The second-order valence-corrected chi connectivity index (χ2v) is 11.2. The van der Waals surface area contributed by atoms with E-state index >= 15 is 0 Å². The lowest BCUT2D eigenvalue weighted by Crippen LogP contribution is -2.17. The zero-order valence-electron chi connectivity index (χ0n) is 22.7. The third kappa shape index (κ3) is 7.59. The van der Waals surface area contributed by atoms with Crippen molar-refractivity contribution in [3.8, 4) is 28.8 Å². The number of carbonyl (C=O) groups excluding carboxylic acids is 1. The Labute approximate surface area is 265 Å². The van der Waals surface area contributed by atoms with Crippen molar-refractivity contribution in [2.45, 2.75) is 6.61 Å². The Kier molecular flexibility index (Phi) is 9.69. The van der Waals surface area contributed by atoms with Gasteiger partial charge in [-0.3, -0.25) is 4.79 Å². The van der Waals surface area contributed by atoms with Gasteiger partial charge in [0.25, 0.3) is 5.91 Å². The summed E-state index contributed by atoms with van der Waals surface area (Å²) in [5.74, 6) is 0.610. The number of nitrogens with zero attached hydrogens (tertiary/aromatic N) is 3. The summed E-state index contributed by atoms with van der Waals surface area (Å²) in [5.41, 5.74) is 7.58. The van der Waals surface area contributed by atoms with Gasteiger partial charge >= 0.3 is 0 Å². The molecule has 0 saturated heterocycles. The minimum Gasteiger partial charge on any atom is -0.493 e. The quantitative estimate of drug-likeness (QED) is 0.114. The normalized spacial score (nSPS) is 10.7. The summed E-state index contributed by atoms with van der Waals surface area (Å²) < 4.78 is 12.1. The number of amides is 1. The van der Waals surface area contributed by atoms with E-state index in [9.17, 15) is 10.1 Å². The van der Waals surface area contributed by atoms with Crippen molar-refractivity contribution in [3.05, 3.63) is 122 Å². The number of benzene rings is 4. The third-order valence-electron chi connectivity index (χ3n) is 6.18. The molecule has 0 spiro atoms. The van der Waals surface area contributed by atoms with Crippen molar-refractivity contribution >= 4 is 61.8 Å². The molecule has 0 bridgehead atoms. The molecule has 0 saturated carbocycles. The summed E-state index contributed by atoms with van der Waals surface area (Å²) >= 11 is 11.0. The maximum Gasteiger partial charge on any atom is 0.271 e. The fourth-order valence-corrected chi connectivity index (χ4v) is 5.44. The number of aromatic nitrogens is 1. The molecule has 2 N–H and O–H groups in total. The molecule has 8 nitrogen and oxygen atoms in total. The number of hydrazone groups is 1. The van der Waals surface area contributed by atoms with Gasteiger partial charge in [0.2, 0.25) is 0 Å². The van der Waals surface area contributed by atoms with Crippen LogP contribution in [0.25, 0.3) is 11.3 Å². The van der Waals surface area contributed by atoms with E-state index in [0.717, 1.165) is 27.6 Å². The summed E-state index contributed by atoms with van der Waals surface area (Å²) in [6.07, 6.45) is 1.51. The van der Waals surface area contributed by atoms with Crippen molar-refractivity contribution in [2.75, 3.05) is 12.4 Å². The number of ether oxygens (including phenoxy) is 2. The van der Waals surface area contributed by atoms with Gasteiger partial charge in [0.05, 0.1) is 35.1 Å². The lowest BCUT2D eigenvalue weighted by atomic mass is 10.1. The average Bonchev–Trinajstić information content (AvgIpc) is 3.50. The first kappa shape index (κ1) is 29.8. The Morgan fingerprint density at radius 1 is 1.12 bits per heavy atom. The zero-order valence-corrected chi connectivity index (χ0v) is 25.8. The van der Waals surface area contributed by atoms with E-state index in [4.69, 9.17) is 21.1 Å². The minimum atomic E-state index is -0.353. The van der Waals surface area contributed by atoms with E-state index in [0.29, 0.717) is 37.7 Å². The summed E-state index contributed by atoms with van der Waals surface area (Å²) in [7, 11) is 1.53. The van der Waals surface area contributed by atoms with Crippen molar-refractivity contribution in [1.82, 2.24) is 10.4 Å². The summed E-state index contributed by atoms with van der Waals surface area (Å²) in [6.45, 7) is 0.199. The summed E-state index contributed by atoms with van der Waals surface area (Å²) in [6, 6.07) is 27.5. The van der Waals surface area contributed by atoms with Crippen LogP contribution in [0.4, 0.5) is 10.8 Å². The third-order valence-corrected chi connectivity index (χ3v) is 7.78. The maximum atomic E-state index is 12.7. The van der Waals surface area contributed by atoms with Gasteiger partial charge in [-0.1, -0.05) is 41.9 Å². The number of halogens is 2. The van der Waals surface area contributed by atoms with E-state index < -0.39 is 0 Å². The molecule has 5 rings (SSSR count). The number of nitrogens with one attached hydrogen (secondary N) is 2. The van der Waals surface area contributed by atoms with E-state index in [1.165, 1.54) is 24.7 Å². The molecule has 1 amide bonds. The van der Waals surface area contributed by atoms with Crippen molar-refractivity contribution in [1.29, 1.82) is 5.26 Å². The molecular weight excluding hydrogens is 650 g/mol. The minimum absolute atomic E-state index is 0.199. The Morgan fingerprint density at radius 2 is 1.88 bits per heavy atom. The van der Waals surface area contributed by atoms with Crippen LogP contribution >= 0.6 is 38.9 Å². The molecule has 4 aromatic carbocycles. The Bertz CT molecular complexity index is 1820. The van der Waals surface area contributed by atoms with Crippen LogP contribution < -0.4 is 20.2 Å². The molecule has 43 heavy (non-hydrogen) atoms. The van der Waals surface area contributed by atoms with Gasteiger partial charge in [0, 0.05) is 32.8 Å². The highest BCUT2D eigenvalue weighted by molar-refractivity contribution is 9.10. The Morgan fingerprint density at radius 3 is 2.63 bits per heavy atom. The molecule has 0 atom stereocenters. The van der Waals surface area contributed by atoms with Crippen LogP contribution in [-0.4, -0.2) is 24.2 Å². The van der Waals surface area contributed by atoms with Crippen LogP contribution in [0.5, 0.6) is 11.5 Å². The number of nitriles is 1. The second-order valence-electron chi connectivity index (χ2n) is 9.04. The molecule has 214 valence electrons. The smallest absolute Gasteiger partial charge is 0.271 e. The predicted molar refractivity (Wildman–Crippen MR) is 174 cm³/mol. The maximum absolute atomic E-state index is 12.7. The molecule has 11 heteroatoms. The molecular formula is C32H23BrClN5O3S. The van der Waals surface area contributed by atoms with Crippen LogP contribution in [0.15, 0.2) is 99.9 Å². The van der Waals surface area contributed by atoms with Crippen molar-refractivity contribution in [2.24, 2.45) is 5.10 Å². The van der Waals surface area contributed by atoms with Crippen LogP contribution in [0, 0.1) is 11.3 Å². The lowest BCUT2D eigenvalue weighted by molar-refractivity contribution is 0.0955. The Balaban J connectivity index is 1.19. The molecule has 0 aliphatic rings. The fraction of sp³-hybridized carbons (Fsp3) is 0.0625. The molecule has 5 aromatic rings. The topological polar surface area (TPSA) is 109 Å². The van der Waals surface area contributed by atoms with Gasteiger partial charge in [-0.25, -0.2) is 10.4 Å². The second kappa shape index (κ2) is 14.0. The number of methoxy groups -OCH3 is 1. The summed E-state index contributed by atoms with van der Waals surface area (Å²) in [5, 5.41) is 20.1.